The third kappa shape index (κ3) is 5.70. The summed E-state index contributed by atoms with van der Waals surface area (Å²) in [5.41, 5.74) is 3.83. The molecule has 4 rings (SSSR count). The Morgan fingerprint density at radius 1 is 0.848 bits per heavy atom. The molecule has 3 aromatic carbocycles. The molecule has 33 heavy (non-hydrogen) atoms. The molecule has 1 unspecified atom stereocenters. The van der Waals surface area contributed by atoms with Crippen LogP contribution in [0, 0.1) is 11.3 Å². The number of aromatic nitrogens is 1. The van der Waals surface area contributed by atoms with Crippen molar-refractivity contribution in [1.82, 2.24) is 0 Å². The smallest absolute Gasteiger partial charge is 0.193 e. The van der Waals surface area contributed by atoms with Crippen LogP contribution >= 0.6 is 0 Å². The van der Waals surface area contributed by atoms with E-state index in [-0.39, 0.29) is 12.4 Å². The number of hydrogen-bond donors (Lipinski definition) is 1. The monoisotopic (exact) mass is 435 g/mol. The molecule has 0 amide bonds. The van der Waals surface area contributed by atoms with Gasteiger partial charge in [-0.1, -0.05) is 30.3 Å². The highest BCUT2D eigenvalue weighted by Crippen LogP contribution is 2.17. The molecule has 0 spiro atoms. The lowest BCUT2D eigenvalue weighted by Gasteiger charge is -2.11. The summed E-state index contributed by atoms with van der Waals surface area (Å²) in [6, 6.07) is 29.6. The fourth-order valence-corrected chi connectivity index (χ4v) is 3.46. The van der Waals surface area contributed by atoms with Crippen molar-refractivity contribution in [2.24, 2.45) is 0 Å². The van der Waals surface area contributed by atoms with Crippen LogP contribution in [0.4, 0.5) is 0 Å². The third-order valence-electron chi connectivity index (χ3n) is 5.25. The van der Waals surface area contributed by atoms with Gasteiger partial charge in [-0.15, -0.1) is 0 Å². The summed E-state index contributed by atoms with van der Waals surface area (Å²) >= 11 is 0. The summed E-state index contributed by atoms with van der Waals surface area (Å²) < 4.78 is 7.61. The topological polar surface area (TPSA) is 74.2 Å². The molecular formula is C28H23N2O3+. The van der Waals surface area contributed by atoms with Crippen LogP contribution in [-0.2, 0) is 6.54 Å². The molecule has 0 fully saturated rings. The zero-order valence-electron chi connectivity index (χ0n) is 18.0. The van der Waals surface area contributed by atoms with E-state index in [1.807, 2.05) is 53.4 Å². The normalized spacial score (nSPS) is 11.4. The largest absolute Gasteiger partial charge is 0.491 e. The predicted molar refractivity (Wildman–Crippen MR) is 125 cm³/mol. The minimum atomic E-state index is -0.683. The van der Waals surface area contributed by atoms with E-state index in [1.54, 1.807) is 48.5 Å². The van der Waals surface area contributed by atoms with Gasteiger partial charge in [0.15, 0.2) is 24.7 Å². The van der Waals surface area contributed by atoms with Crippen LogP contribution in [0.3, 0.4) is 0 Å². The van der Waals surface area contributed by atoms with Gasteiger partial charge in [0.05, 0.1) is 11.6 Å². The van der Waals surface area contributed by atoms with Crippen molar-refractivity contribution in [3.05, 3.63) is 120 Å². The Hall–Kier alpha value is -4.27. The molecule has 5 nitrogen and oxygen atoms in total. The number of ether oxygens (including phenoxy) is 1. The van der Waals surface area contributed by atoms with E-state index >= 15 is 0 Å². The molecule has 1 atom stereocenters. The van der Waals surface area contributed by atoms with Gasteiger partial charge in [-0.25, -0.2) is 4.57 Å². The van der Waals surface area contributed by atoms with Crippen LogP contribution in [0.25, 0.3) is 11.1 Å². The SMILES string of the molecule is N#Cc1ccc(C(=O)c2ccc(OCC(O)C[n+]3ccc(-c4ccccc4)cc3)cc2)cc1. The maximum absolute atomic E-state index is 12.6. The highest BCUT2D eigenvalue weighted by molar-refractivity contribution is 6.09. The maximum Gasteiger partial charge on any atom is 0.193 e. The third-order valence-corrected chi connectivity index (χ3v) is 5.25. The Labute approximate surface area is 192 Å². The first-order valence-electron chi connectivity index (χ1n) is 10.6. The van der Waals surface area contributed by atoms with Crippen molar-refractivity contribution in [2.45, 2.75) is 12.6 Å². The van der Waals surface area contributed by atoms with Crippen molar-refractivity contribution < 1.29 is 19.2 Å². The van der Waals surface area contributed by atoms with Crippen LogP contribution in [0.5, 0.6) is 5.75 Å². The summed E-state index contributed by atoms with van der Waals surface area (Å²) in [6.45, 7) is 0.542. The minimum Gasteiger partial charge on any atom is -0.491 e. The first kappa shape index (κ1) is 21.9. The molecule has 1 aromatic heterocycles. The molecule has 0 aliphatic carbocycles. The highest BCUT2D eigenvalue weighted by atomic mass is 16.5. The summed E-state index contributed by atoms with van der Waals surface area (Å²) in [6.07, 6.45) is 3.20. The number of nitriles is 1. The predicted octanol–water partition coefficient (Wildman–Crippen LogP) is 4.18. The number of aliphatic hydroxyl groups is 1. The van der Waals surface area contributed by atoms with E-state index in [0.717, 1.165) is 11.1 Å². The quantitative estimate of drug-likeness (QED) is 0.333. The van der Waals surface area contributed by atoms with Crippen LogP contribution in [-0.4, -0.2) is 23.6 Å². The van der Waals surface area contributed by atoms with E-state index in [2.05, 4.69) is 12.1 Å². The zero-order valence-corrected chi connectivity index (χ0v) is 18.0. The number of aliphatic hydroxyl groups excluding tert-OH is 1. The molecule has 0 aliphatic heterocycles. The molecule has 1 N–H and O–H groups in total. The number of ketones is 1. The van der Waals surface area contributed by atoms with Gasteiger partial charge in [-0.2, -0.15) is 5.26 Å². The van der Waals surface area contributed by atoms with Gasteiger partial charge in [-0.3, -0.25) is 4.79 Å². The van der Waals surface area contributed by atoms with Gasteiger partial charge in [-0.05, 0) is 59.7 Å². The summed E-state index contributed by atoms with van der Waals surface area (Å²) in [7, 11) is 0. The molecule has 162 valence electrons. The molecule has 0 saturated carbocycles. The fourth-order valence-electron chi connectivity index (χ4n) is 3.46. The van der Waals surface area contributed by atoms with Crippen molar-refractivity contribution in [3.8, 4) is 22.9 Å². The van der Waals surface area contributed by atoms with Crippen LogP contribution in [0.2, 0.25) is 0 Å². The molecule has 0 radical (unpaired) electrons. The van der Waals surface area contributed by atoms with Crippen molar-refractivity contribution in [2.75, 3.05) is 6.61 Å². The maximum atomic E-state index is 12.6. The molecular weight excluding hydrogens is 412 g/mol. The van der Waals surface area contributed by atoms with Crippen molar-refractivity contribution in [3.63, 3.8) is 0 Å². The van der Waals surface area contributed by atoms with Gasteiger partial charge in [0.1, 0.15) is 18.5 Å². The fraction of sp³-hybridized carbons (Fsp3) is 0.107. The first-order valence-corrected chi connectivity index (χ1v) is 10.6. The molecule has 5 heteroatoms. The lowest BCUT2D eigenvalue weighted by Crippen LogP contribution is -2.41. The Bertz CT molecular complexity index is 1240. The molecule has 0 bridgehead atoms. The van der Waals surface area contributed by atoms with Crippen molar-refractivity contribution in [1.29, 1.82) is 5.26 Å². The Kier molecular flexibility index (Phi) is 6.89. The second kappa shape index (κ2) is 10.4. The van der Waals surface area contributed by atoms with Crippen LogP contribution in [0.1, 0.15) is 21.5 Å². The molecule has 4 aromatic rings. The summed E-state index contributed by atoms with van der Waals surface area (Å²) in [4.78, 5) is 12.6. The number of carbonyl (C=O) groups is 1. The number of pyridine rings is 1. The Morgan fingerprint density at radius 2 is 1.42 bits per heavy atom. The van der Waals surface area contributed by atoms with E-state index in [0.29, 0.717) is 29.0 Å². The average molecular weight is 436 g/mol. The van der Waals surface area contributed by atoms with E-state index in [1.165, 1.54) is 0 Å². The standard InChI is InChI=1S/C28H23N2O3/c29-18-21-6-8-24(9-7-21)28(32)25-10-12-27(13-11-25)33-20-26(31)19-30-16-14-23(15-17-30)22-4-2-1-3-5-22/h1-17,26,31H,19-20H2/q+1. The van der Waals surface area contributed by atoms with Crippen molar-refractivity contribution >= 4 is 5.78 Å². The lowest BCUT2D eigenvalue weighted by atomic mass is 10.0. The molecule has 0 aliphatic rings. The second-order valence-corrected chi connectivity index (χ2v) is 7.66. The average Bonchev–Trinajstić information content (AvgIpc) is 2.88. The van der Waals surface area contributed by atoms with Gasteiger partial charge in [0.25, 0.3) is 0 Å². The number of hydrogen-bond acceptors (Lipinski definition) is 4. The summed E-state index contributed by atoms with van der Waals surface area (Å²) in [5.74, 6) is 0.455. The lowest BCUT2D eigenvalue weighted by molar-refractivity contribution is -0.703. The number of benzene rings is 3. The minimum absolute atomic E-state index is 0.124. The van der Waals surface area contributed by atoms with Crippen LogP contribution < -0.4 is 9.30 Å². The Balaban J connectivity index is 1.30. The van der Waals surface area contributed by atoms with Gasteiger partial charge in [0, 0.05) is 23.3 Å². The van der Waals surface area contributed by atoms with E-state index < -0.39 is 6.10 Å². The summed E-state index contributed by atoms with van der Waals surface area (Å²) in [5, 5.41) is 19.2. The molecule has 1 heterocycles. The number of nitrogens with zero attached hydrogens (tertiary/aromatic N) is 2. The number of rotatable bonds is 8. The Morgan fingerprint density at radius 3 is 2.03 bits per heavy atom. The van der Waals surface area contributed by atoms with Gasteiger partial charge in [0.2, 0.25) is 0 Å². The van der Waals surface area contributed by atoms with E-state index in [9.17, 15) is 9.90 Å². The second-order valence-electron chi connectivity index (χ2n) is 7.66. The van der Waals surface area contributed by atoms with E-state index in [4.69, 9.17) is 10.00 Å². The van der Waals surface area contributed by atoms with Gasteiger partial charge < -0.3 is 9.84 Å². The number of carbonyl (C=O) groups excluding carboxylic acids is 1. The molecule has 0 saturated heterocycles. The van der Waals surface area contributed by atoms with Gasteiger partial charge >= 0.3 is 0 Å². The highest BCUT2D eigenvalue weighted by Gasteiger charge is 2.13. The van der Waals surface area contributed by atoms with Crippen LogP contribution in [0.15, 0.2) is 103 Å². The zero-order chi connectivity index (χ0) is 23.0. The first-order chi connectivity index (χ1) is 16.1.